The van der Waals surface area contributed by atoms with Crippen LogP contribution in [0.5, 0.6) is 0 Å². The highest BCUT2D eigenvalue weighted by Gasteiger charge is 2.36. The monoisotopic (exact) mass is 266 g/mol. The van der Waals surface area contributed by atoms with Crippen molar-refractivity contribution < 1.29 is 0 Å². The van der Waals surface area contributed by atoms with Crippen molar-refractivity contribution in [3.8, 4) is 0 Å². The van der Waals surface area contributed by atoms with Gasteiger partial charge in [-0.3, -0.25) is 4.90 Å². The van der Waals surface area contributed by atoms with E-state index in [-0.39, 0.29) is 0 Å². The number of rotatable bonds is 4. The third-order valence-electron chi connectivity index (χ3n) is 5.68. The number of hydrogen-bond acceptors (Lipinski definition) is 2. The van der Waals surface area contributed by atoms with Gasteiger partial charge in [0.2, 0.25) is 0 Å². The summed E-state index contributed by atoms with van der Waals surface area (Å²) in [6.07, 6.45) is 9.73. The highest BCUT2D eigenvalue weighted by atomic mass is 15.2. The summed E-state index contributed by atoms with van der Waals surface area (Å²) in [6, 6.07) is 1.54. The van der Waals surface area contributed by atoms with Crippen molar-refractivity contribution in [3.05, 3.63) is 0 Å². The predicted molar refractivity (Wildman–Crippen MR) is 83.1 cm³/mol. The number of piperidine rings is 1. The van der Waals surface area contributed by atoms with Gasteiger partial charge >= 0.3 is 0 Å². The lowest BCUT2D eigenvalue weighted by atomic mass is 9.74. The Kier molecular flexibility index (Phi) is 5.70. The van der Waals surface area contributed by atoms with E-state index in [0.29, 0.717) is 0 Å². The molecule has 2 fully saturated rings. The van der Waals surface area contributed by atoms with E-state index in [2.05, 4.69) is 25.7 Å². The van der Waals surface area contributed by atoms with E-state index in [1.54, 1.807) is 0 Å². The second-order valence-electron chi connectivity index (χ2n) is 7.25. The molecule has 0 aromatic carbocycles. The normalized spacial score (nSPS) is 41.4. The molecule has 1 aliphatic carbocycles. The van der Waals surface area contributed by atoms with Crippen molar-refractivity contribution in [3.63, 3.8) is 0 Å². The van der Waals surface area contributed by atoms with Gasteiger partial charge in [-0.2, -0.15) is 0 Å². The van der Waals surface area contributed by atoms with E-state index in [1.165, 1.54) is 51.5 Å². The van der Waals surface area contributed by atoms with Crippen LogP contribution in [0, 0.1) is 17.8 Å². The molecule has 0 aromatic heterocycles. The van der Waals surface area contributed by atoms with Gasteiger partial charge in [0.1, 0.15) is 0 Å². The van der Waals surface area contributed by atoms with Gasteiger partial charge in [0, 0.05) is 12.1 Å². The zero-order valence-corrected chi connectivity index (χ0v) is 13.3. The second kappa shape index (κ2) is 7.08. The summed E-state index contributed by atoms with van der Waals surface area (Å²) < 4.78 is 0. The van der Waals surface area contributed by atoms with Crippen LogP contribution in [0.3, 0.4) is 0 Å². The lowest BCUT2D eigenvalue weighted by Crippen LogP contribution is -2.53. The fourth-order valence-corrected chi connectivity index (χ4v) is 4.56. The summed E-state index contributed by atoms with van der Waals surface area (Å²) in [4.78, 5) is 2.82. The molecule has 0 aromatic rings. The van der Waals surface area contributed by atoms with Crippen LogP contribution < -0.4 is 5.73 Å². The van der Waals surface area contributed by atoms with Crippen LogP contribution >= 0.6 is 0 Å². The Bertz CT molecular complexity index is 266. The maximum atomic E-state index is 6.07. The molecule has 0 spiro atoms. The Labute approximate surface area is 120 Å². The SMILES string of the molecule is CCCC1CCC(CN)C(N2CCC(C)CC2C)C1. The number of nitrogens with zero attached hydrogens (tertiary/aromatic N) is 1. The highest BCUT2D eigenvalue weighted by molar-refractivity contribution is 4.91. The van der Waals surface area contributed by atoms with Gasteiger partial charge in [-0.1, -0.05) is 33.1 Å². The first-order valence-electron chi connectivity index (χ1n) is 8.61. The van der Waals surface area contributed by atoms with Crippen LogP contribution in [-0.2, 0) is 0 Å². The molecule has 0 amide bonds. The van der Waals surface area contributed by atoms with E-state index in [4.69, 9.17) is 5.73 Å². The molecule has 2 nitrogen and oxygen atoms in total. The molecule has 1 saturated heterocycles. The molecule has 0 radical (unpaired) electrons. The predicted octanol–water partition coefficient (Wildman–Crippen LogP) is 3.65. The first-order valence-corrected chi connectivity index (χ1v) is 8.61. The quantitative estimate of drug-likeness (QED) is 0.841. The number of likely N-dealkylation sites (tertiary alicyclic amines) is 1. The smallest absolute Gasteiger partial charge is 0.0141 e. The lowest BCUT2D eigenvalue weighted by Gasteiger charge is -2.48. The fraction of sp³-hybridized carbons (Fsp3) is 1.00. The van der Waals surface area contributed by atoms with Gasteiger partial charge in [-0.15, -0.1) is 0 Å². The Hall–Kier alpha value is -0.0800. The van der Waals surface area contributed by atoms with Gasteiger partial charge in [-0.25, -0.2) is 0 Å². The fourth-order valence-electron chi connectivity index (χ4n) is 4.56. The standard InChI is InChI=1S/C17H34N2/c1-4-5-15-6-7-16(12-18)17(11-15)19-9-8-13(2)10-14(19)3/h13-17H,4-12,18H2,1-3H3. The molecule has 0 bridgehead atoms. The van der Waals surface area contributed by atoms with E-state index in [9.17, 15) is 0 Å². The maximum Gasteiger partial charge on any atom is 0.0141 e. The van der Waals surface area contributed by atoms with Gasteiger partial charge < -0.3 is 5.73 Å². The summed E-state index contributed by atoms with van der Waals surface area (Å²) in [5, 5.41) is 0. The molecule has 1 heterocycles. The summed E-state index contributed by atoms with van der Waals surface area (Å²) in [5.74, 6) is 2.63. The second-order valence-corrected chi connectivity index (χ2v) is 7.25. The van der Waals surface area contributed by atoms with Crippen LogP contribution in [0.1, 0.15) is 65.7 Å². The van der Waals surface area contributed by atoms with Gasteiger partial charge in [-0.05, 0) is 63.5 Å². The first kappa shape index (κ1) is 15.3. The summed E-state index contributed by atoms with van der Waals surface area (Å²) in [6.45, 7) is 9.38. The van der Waals surface area contributed by atoms with Crippen LogP contribution in [0.25, 0.3) is 0 Å². The topological polar surface area (TPSA) is 29.3 Å². The van der Waals surface area contributed by atoms with Crippen molar-refractivity contribution >= 4 is 0 Å². The molecular weight excluding hydrogens is 232 g/mol. The van der Waals surface area contributed by atoms with E-state index < -0.39 is 0 Å². The number of hydrogen-bond donors (Lipinski definition) is 1. The van der Waals surface area contributed by atoms with Gasteiger partial charge in [0.05, 0.1) is 0 Å². The van der Waals surface area contributed by atoms with Crippen molar-refractivity contribution in [2.75, 3.05) is 13.1 Å². The third kappa shape index (κ3) is 3.72. The molecule has 1 aliphatic heterocycles. The molecule has 2 heteroatoms. The largest absolute Gasteiger partial charge is 0.330 e. The molecule has 19 heavy (non-hydrogen) atoms. The molecule has 2 rings (SSSR count). The van der Waals surface area contributed by atoms with Crippen LogP contribution in [0.15, 0.2) is 0 Å². The lowest BCUT2D eigenvalue weighted by molar-refractivity contribution is 0.0180. The Morgan fingerprint density at radius 2 is 1.89 bits per heavy atom. The summed E-state index contributed by atoms with van der Waals surface area (Å²) in [7, 11) is 0. The third-order valence-corrected chi connectivity index (χ3v) is 5.68. The van der Waals surface area contributed by atoms with Crippen LogP contribution in [-0.4, -0.2) is 30.1 Å². The van der Waals surface area contributed by atoms with E-state index >= 15 is 0 Å². The summed E-state index contributed by atoms with van der Waals surface area (Å²) in [5.41, 5.74) is 6.07. The Morgan fingerprint density at radius 3 is 2.53 bits per heavy atom. The molecule has 5 atom stereocenters. The van der Waals surface area contributed by atoms with E-state index in [0.717, 1.165) is 36.4 Å². The maximum absolute atomic E-state index is 6.07. The average Bonchev–Trinajstić information content (AvgIpc) is 2.39. The molecule has 112 valence electrons. The zero-order valence-electron chi connectivity index (χ0n) is 13.3. The van der Waals surface area contributed by atoms with Crippen molar-refractivity contribution in [2.45, 2.75) is 77.8 Å². The number of nitrogens with two attached hydrogens (primary N) is 1. The van der Waals surface area contributed by atoms with Crippen LogP contribution in [0.4, 0.5) is 0 Å². The minimum absolute atomic E-state index is 0.754. The molecular formula is C17H34N2. The zero-order chi connectivity index (χ0) is 13.8. The van der Waals surface area contributed by atoms with Crippen molar-refractivity contribution in [1.29, 1.82) is 0 Å². The summed E-state index contributed by atoms with van der Waals surface area (Å²) >= 11 is 0. The molecule has 1 saturated carbocycles. The van der Waals surface area contributed by atoms with Gasteiger partial charge in [0.25, 0.3) is 0 Å². The minimum Gasteiger partial charge on any atom is -0.330 e. The molecule has 5 unspecified atom stereocenters. The van der Waals surface area contributed by atoms with E-state index in [1.807, 2.05) is 0 Å². The molecule has 2 N–H and O–H groups in total. The highest BCUT2D eigenvalue weighted by Crippen LogP contribution is 2.37. The van der Waals surface area contributed by atoms with Crippen molar-refractivity contribution in [1.82, 2.24) is 4.90 Å². The van der Waals surface area contributed by atoms with Crippen molar-refractivity contribution in [2.24, 2.45) is 23.5 Å². The minimum atomic E-state index is 0.754. The Morgan fingerprint density at radius 1 is 1.11 bits per heavy atom. The van der Waals surface area contributed by atoms with Gasteiger partial charge in [0.15, 0.2) is 0 Å². The average molecular weight is 266 g/mol. The molecule has 2 aliphatic rings. The van der Waals surface area contributed by atoms with Crippen LogP contribution in [0.2, 0.25) is 0 Å². The first-order chi connectivity index (χ1) is 9.15. The Balaban J connectivity index is 2.00.